The number of allylic oxidation sites excluding steroid dienone is 2. The first-order valence-corrected chi connectivity index (χ1v) is 5.55. The van der Waals surface area contributed by atoms with Crippen molar-refractivity contribution in [2.75, 3.05) is 0 Å². The quantitative estimate of drug-likeness (QED) is 0.730. The van der Waals surface area contributed by atoms with Crippen LogP contribution in [0.1, 0.15) is 11.3 Å². The third-order valence-electron chi connectivity index (χ3n) is 2.58. The minimum Gasteiger partial charge on any atom is -0.355 e. The fourth-order valence-corrected chi connectivity index (χ4v) is 1.74. The average Bonchev–Trinajstić information content (AvgIpc) is 2.80. The molecule has 17 heavy (non-hydrogen) atoms. The highest BCUT2D eigenvalue weighted by atomic mass is 14.7. The highest BCUT2D eigenvalue weighted by molar-refractivity contribution is 5.71. The zero-order valence-corrected chi connectivity index (χ0v) is 9.69. The zero-order valence-electron chi connectivity index (χ0n) is 9.69. The molecule has 1 heterocycles. The van der Waals surface area contributed by atoms with Crippen LogP contribution < -0.4 is 0 Å². The van der Waals surface area contributed by atoms with Gasteiger partial charge in [0.25, 0.3) is 0 Å². The molecule has 0 spiro atoms. The first-order chi connectivity index (χ1) is 8.35. The molecule has 84 valence electrons. The van der Waals surface area contributed by atoms with Crippen LogP contribution in [0.5, 0.6) is 0 Å². The van der Waals surface area contributed by atoms with Gasteiger partial charge in [0.15, 0.2) is 0 Å². The van der Waals surface area contributed by atoms with Crippen LogP contribution in [0.15, 0.2) is 61.7 Å². The van der Waals surface area contributed by atoms with E-state index in [1.54, 1.807) is 6.08 Å². The predicted molar refractivity (Wildman–Crippen MR) is 75.6 cm³/mol. The summed E-state index contributed by atoms with van der Waals surface area (Å²) in [7, 11) is 0. The van der Waals surface area contributed by atoms with Gasteiger partial charge in [-0.1, -0.05) is 61.7 Å². The summed E-state index contributed by atoms with van der Waals surface area (Å²) in [6.07, 6.45) is 7.54. The van der Waals surface area contributed by atoms with Crippen LogP contribution in [-0.4, -0.2) is 4.98 Å². The lowest BCUT2D eigenvalue weighted by molar-refractivity contribution is 1.37. The molecule has 1 heteroatoms. The number of H-pyrrole nitrogens is 1. The Hall–Kier alpha value is -2.28. The van der Waals surface area contributed by atoms with Crippen molar-refractivity contribution in [2.45, 2.75) is 0 Å². The van der Waals surface area contributed by atoms with E-state index in [0.717, 1.165) is 17.0 Å². The van der Waals surface area contributed by atoms with Gasteiger partial charge in [-0.2, -0.15) is 0 Å². The van der Waals surface area contributed by atoms with Crippen molar-refractivity contribution in [1.82, 2.24) is 4.98 Å². The van der Waals surface area contributed by atoms with Gasteiger partial charge in [0.05, 0.1) is 0 Å². The molecule has 1 aromatic heterocycles. The summed E-state index contributed by atoms with van der Waals surface area (Å²) in [5.41, 5.74) is 4.43. The van der Waals surface area contributed by atoms with E-state index in [1.165, 1.54) is 5.56 Å². The van der Waals surface area contributed by atoms with Crippen molar-refractivity contribution in [1.29, 1.82) is 0 Å². The Kier molecular flexibility index (Phi) is 3.41. The van der Waals surface area contributed by atoms with Crippen LogP contribution >= 0.6 is 0 Å². The van der Waals surface area contributed by atoms with Crippen LogP contribution in [0.25, 0.3) is 23.4 Å². The van der Waals surface area contributed by atoms with Gasteiger partial charge in [0.1, 0.15) is 0 Å². The molecule has 0 atom stereocenters. The van der Waals surface area contributed by atoms with E-state index in [9.17, 15) is 0 Å². The fraction of sp³-hybridized carbons (Fsp3) is 0. The molecule has 0 aliphatic carbocycles. The summed E-state index contributed by atoms with van der Waals surface area (Å²) in [4.78, 5) is 3.35. The highest BCUT2D eigenvalue weighted by Gasteiger charge is 2.04. The van der Waals surface area contributed by atoms with Gasteiger partial charge in [0, 0.05) is 11.4 Å². The lowest BCUT2D eigenvalue weighted by Gasteiger charge is -1.95. The summed E-state index contributed by atoms with van der Waals surface area (Å²) < 4.78 is 0. The standard InChI is InChI=1S/C16H15N/c1-3-5-9-14-12-16(17-15(14)4-2)13-10-7-6-8-11-13/h3-12,17H,1-2H2/b9-5-. The third-order valence-corrected chi connectivity index (χ3v) is 2.58. The molecule has 1 aromatic carbocycles. The highest BCUT2D eigenvalue weighted by Crippen LogP contribution is 2.23. The Bertz CT molecular complexity index is 544. The number of hydrogen-bond acceptors (Lipinski definition) is 0. The van der Waals surface area contributed by atoms with Crippen molar-refractivity contribution in [2.24, 2.45) is 0 Å². The van der Waals surface area contributed by atoms with Gasteiger partial charge < -0.3 is 4.98 Å². The van der Waals surface area contributed by atoms with Crippen LogP contribution in [0, 0.1) is 0 Å². The SMILES string of the molecule is C=C/C=C\c1cc(-c2ccccc2)[nH]c1C=C. The van der Waals surface area contributed by atoms with Gasteiger partial charge >= 0.3 is 0 Å². The van der Waals surface area contributed by atoms with Gasteiger partial charge in [0.2, 0.25) is 0 Å². The van der Waals surface area contributed by atoms with E-state index in [1.807, 2.05) is 36.4 Å². The van der Waals surface area contributed by atoms with Gasteiger partial charge in [-0.05, 0) is 23.3 Å². The lowest BCUT2D eigenvalue weighted by Crippen LogP contribution is -1.76. The number of benzene rings is 1. The summed E-state index contributed by atoms with van der Waals surface area (Å²) in [6, 6.07) is 12.4. The summed E-state index contributed by atoms with van der Waals surface area (Å²) >= 11 is 0. The Labute approximate surface area is 102 Å². The first-order valence-electron chi connectivity index (χ1n) is 5.55. The van der Waals surface area contributed by atoms with Crippen molar-refractivity contribution in [3.8, 4) is 11.3 Å². The average molecular weight is 221 g/mol. The monoisotopic (exact) mass is 221 g/mol. The first kappa shape index (κ1) is 11.2. The molecule has 0 radical (unpaired) electrons. The maximum absolute atomic E-state index is 3.82. The molecule has 0 amide bonds. The molecule has 0 aliphatic heterocycles. The summed E-state index contributed by atoms with van der Waals surface area (Å²) in [5, 5.41) is 0. The second kappa shape index (κ2) is 5.17. The van der Waals surface area contributed by atoms with Crippen LogP contribution in [-0.2, 0) is 0 Å². The number of hydrogen-bond donors (Lipinski definition) is 1. The Morgan fingerprint density at radius 3 is 2.47 bits per heavy atom. The van der Waals surface area contributed by atoms with Gasteiger partial charge in [-0.3, -0.25) is 0 Å². The molecule has 0 saturated heterocycles. The summed E-state index contributed by atoms with van der Waals surface area (Å²) in [6.45, 7) is 7.49. The second-order valence-electron chi connectivity index (χ2n) is 3.72. The predicted octanol–water partition coefficient (Wildman–Crippen LogP) is 4.52. The van der Waals surface area contributed by atoms with E-state index in [0.29, 0.717) is 0 Å². The molecule has 1 nitrogen and oxygen atoms in total. The van der Waals surface area contributed by atoms with E-state index in [4.69, 9.17) is 0 Å². The Balaban J connectivity index is 2.44. The molecule has 0 saturated carbocycles. The van der Waals surface area contributed by atoms with Crippen molar-refractivity contribution in [3.05, 3.63) is 73.0 Å². The second-order valence-corrected chi connectivity index (χ2v) is 3.72. The molecular weight excluding hydrogens is 206 g/mol. The van der Waals surface area contributed by atoms with Crippen molar-refractivity contribution < 1.29 is 0 Å². The van der Waals surface area contributed by atoms with Crippen LogP contribution in [0.3, 0.4) is 0 Å². The van der Waals surface area contributed by atoms with Crippen LogP contribution in [0.4, 0.5) is 0 Å². The summed E-state index contributed by atoms with van der Waals surface area (Å²) in [5.74, 6) is 0. The maximum atomic E-state index is 3.82. The van der Waals surface area contributed by atoms with Crippen molar-refractivity contribution in [3.63, 3.8) is 0 Å². The normalized spacial score (nSPS) is 10.6. The Morgan fingerprint density at radius 2 is 1.82 bits per heavy atom. The van der Waals surface area contributed by atoms with E-state index in [2.05, 4.69) is 36.3 Å². The topological polar surface area (TPSA) is 15.8 Å². The Morgan fingerprint density at radius 1 is 1.06 bits per heavy atom. The minimum absolute atomic E-state index is 1.03. The van der Waals surface area contributed by atoms with Crippen molar-refractivity contribution >= 4 is 12.2 Å². The van der Waals surface area contributed by atoms with E-state index in [-0.39, 0.29) is 0 Å². The zero-order chi connectivity index (χ0) is 12.1. The van der Waals surface area contributed by atoms with Crippen LogP contribution in [0.2, 0.25) is 0 Å². The molecule has 2 rings (SSSR count). The fourth-order valence-electron chi connectivity index (χ4n) is 1.74. The number of aromatic nitrogens is 1. The molecule has 2 aromatic rings. The molecule has 0 aliphatic rings. The minimum atomic E-state index is 1.03. The number of nitrogens with one attached hydrogen (secondary N) is 1. The lowest BCUT2D eigenvalue weighted by atomic mass is 10.1. The van der Waals surface area contributed by atoms with E-state index >= 15 is 0 Å². The van der Waals surface area contributed by atoms with E-state index < -0.39 is 0 Å². The maximum Gasteiger partial charge on any atom is 0.0464 e. The largest absolute Gasteiger partial charge is 0.355 e. The molecule has 0 bridgehead atoms. The molecule has 0 unspecified atom stereocenters. The molecular formula is C16H15N. The van der Waals surface area contributed by atoms with Gasteiger partial charge in [-0.15, -0.1) is 0 Å². The molecule has 1 N–H and O–H groups in total. The number of rotatable bonds is 4. The molecule has 0 fully saturated rings. The number of aromatic amines is 1. The van der Waals surface area contributed by atoms with Gasteiger partial charge in [-0.25, -0.2) is 0 Å². The third kappa shape index (κ3) is 2.45. The smallest absolute Gasteiger partial charge is 0.0464 e.